The maximum atomic E-state index is 5.86. The van der Waals surface area contributed by atoms with E-state index in [9.17, 15) is 0 Å². The first-order valence-electron chi connectivity index (χ1n) is 6.94. The molecule has 6 heteroatoms. The van der Waals surface area contributed by atoms with Gasteiger partial charge in [0.25, 0.3) is 0 Å². The molecular formula is C16H15ClN4S. The standard InChI is InChI=1S/C16H15ClN4S/c17-12-6-8-13(9-7-12)18-16(22)19-15-10-11-21(20-15)14-4-2-1-3-5-14/h1-9H,10-11H2,(H2,18,19,20,22). The highest BCUT2D eigenvalue weighted by Gasteiger charge is 2.17. The maximum Gasteiger partial charge on any atom is 0.198 e. The highest BCUT2D eigenvalue weighted by atomic mass is 35.5. The molecule has 2 aromatic carbocycles. The SMILES string of the molecule is S=C(/N=C1/CCN(c2ccccc2)N1)Nc1ccc(Cl)cc1. The van der Waals surface area contributed by atoms with Crippen molar-refractivity contribution in [3.63, 3.8) is 0 Å². The van der Waals surface area contributed by atoms with E-state index in [1.165, 1.54) is 0 Å². The van der Waals surface area contributed by atoms with Gasteiger partial charge in [-0.1, -0.05) is 29.8 Å². The Labute approximate surface area is 139 Å². The zero-order valence-electron chi connectivity index (χ0n) is 11.8. The van der Waals surface area contributed by atoms with Gasteiger partial charge in [-0.25, -0.2) is 4.99 Å². The Morgan fingerprint density at radius 2 is 1.86 bits per heavy atom. The van der Waals surface area contributed by atoms with E-state index in [2.05, 4.69) is 32.9 Å². The largest absolute Gasteiger partial charge is 0.331 e. The number of hydrazine groups is 1. The predicted octanol–water partition coefficient (Wildman–Crippen LogP) is 3.85. The molecule has 1 fully saturated rings. The smallest absolute Gasteiger partial charge is 0.198 e. The van der Waals surface area contributed by atoms with Gasteiger partial charge in [-0.05, 0) is 48.6 Å². The lowest BCUT2D eigenvalue weighted by molar-refractivity contribution is 0.858. The molecule has 2 N–H and O–H groups in total. The second-order valence-corrected chi connectivity index (χ2v) is 5.67. The van der Waals surface area contributed by atoms with Crippen LogP contribution in [0.2, 0.25) is 5.02 Å². The molecule has 22 heavy (non-hydrogen) atoms. The summed E-state index contributed by atoms with van der Waals surface area (Å²) < 4.78 is 0. The van der Waals surface area contributed by atoms with Crippen LogP contribution < -0.4 is 15.8 Å². The van der Waals surface area contributed by atoms with Crippen molar-refractivity contribution in [2.24, 2.45) is 4.99 Å². The second kappa shape index (κ2) is 6.77. The van der Waals surface area contributed by atoms with Crippen LogP contribution in [-0.4, -0.2) is 17.5 Å². The molecule has 3 rings (SSSR count). The Bertz CT molecular complexity index is 685. The molecule has 0 aromatic heterocycles. The van der Waals surface area contributed by atoms with Gasteiger partial charge < -0.3 is 5.32 Å². The number of hydrogen-bond acceptors (Lipinski definition) is 2. The van der Waals surface area contributed by atoms with Crippen molar-refractivity contribution in [1.82, 2.24) is 5.43 Å². The lowest BCUT2D eigenvalue weighted by Gasteiger charge is -2.17. The highest BCUT2D eigenvalue weighted by Crippen LogP contribution is 2.16. The number of benzene rings is 2. The maximum absolute atomic E-state index is 5.86. The molecule has 4 nitrogen and oxygen atoms in total. The van der Waals surface area contributed by atoms with Gasteiger partial charge in [-0.3, -0.25) is 10.4 Å². The van der Waals surface area contributed by atoms with Crippen molar-refractivity contribution in [2.75, 3.05) is 16.9 Å². The van der Waals surface area contributed by atoms with E-state index < -0.39 is 0 Å². The summed E-state index contributed by atoms with van der Waals surface area (Å²) >= 11 is 11.1. The minimum atomic E-state index is 0.430. The molecular weight excluding hydrogens is 316 g/mol. The molecule has 0 aliphatic carbocycles. The number of rotatable bonds is 2. The van der Waals surface area contributed by atoms with Crippen molar-refractivity contribution >= 4 is 46.1 Å². The molecule has 0 bridgehead atoms. The number of para-hydroxylation sites is 1. The van der Waals surface area contributed by atoms with E-state index in [-0.39, 0.29) is 0 Å². The summed E-state index contributed by atoms with van der Waals surface area (Å²) in [5.41, 5.74) is 5.25. The highest BCUT2D eigenvalue weighted by molar-refractivity contribution is 7.80. The van der Waals surface area contributed by atoms with Crippen LogP contribution in [0.15, 0.2) is 59.6 Å². The molecule has 2 aromatic rings. The number of nitrogens with one attached hydrogen (secondary N) is 2. The lowest BCUT2D eigenvalue weighted by atomic mass is 10.3. The quantitative estimate of drug-likeness (QED) is 0.820. The average molecular weight is 331 g/mol. The number of hydrogen-bond donors (Lipinski definition) is 2. The Morgan fingerprint density at radius 3 is 2.59 bits per heavy atom. The third-order valence-electron chi connectivity index (χ3n) is 3.24. The zero-order valence-corrected chi connectivity index (χ0v) is 13.4. The first-order valence-corrected chi connectivity index (χ1v) is 7.73. The topological polar surface area (TPSA) is 39.7 Å². The van der Waals surface area contributed by atoms with Crippen molar-refractivity contribution in [2.45, 2.75) is 6.42 Å². The van der Waals surface area contributed by atoms with Gasteiger partial charge >= 0.3 is 0 Å². The van der Waals surface area contributed by atoms with E-state index in [4.69, 9.17) is 23.8 Å². The van der Waals surface area contributed by atoms with Crippen LogP contribution in [0.5, 0.6) is 0 Å². The number of nitrogens with zero attached hydrogens (tertiary/aromatic N) is 2. The second-order valence-electron chi connectivity index (χ2n) is 4.84. The van der Waals surface area contributed by atoms with Crippen LogP contribution in [0.4, 0.5) is 11.4 Å². The Kier molecular flexibility index (Phi) is 4.56. The summed E-state index contributed by atoms with van der Waals surface area (Å²) in [6.07, 6.45) is 0.831. The Balaban J connectivity index is 1.61. The first-order chi connectivity index (χ1) is 10.7. The summed E-state index contributed by atoms with van der Waals surface area (Å²) in [5, 5.41) is 6.26. The van der Waals surface area contributed by atoms with Gasteiger partial charge in [0.05, 0.1) is 5.69 Å². The molecule has 1 aliphatic heterocycles. The zero-order chi connectivity index (χ0) is 15.4. The van der Waals surface area contributed by atoms with E-state index in [1.54, 1.807) is 0 Å². The molecule has 0 unspecified atom stereocenters. The minimum Gasteiger partial charge on any atom is -0.331 e. The monoisotopic (exact) mass is 330 g/mol. The van der Waals surface area contributed by atoms with Crippen molar-refractivity contribution < 1.29 is 0 Å². The molecule has 112 valence electrons. The summed E-state index contributed by atoms with van der Waals surface area (Å²) in [6, 6.07) is 17.5. The fourth-order valence-corrected chi connectivity index (χ4v) is 2.53. The van der Waals surface area contributed by atoms with E-state index in [0.29, 0.717) is 10.1 Å². The van der Waals surface area contributed by atoms with Crippen molar-refractivity contribution in [3.05, 3.63) is 59.6 Å². The third-order valence-corrected chi connectivity index (χ3v) is 3.68. The third kappa shape index (κ3) is 3.75. The first kappa shape index (κ1) is 14.8. The van der Waals surface area contributed by atoms with Gasteiger partial charge in [-0.2, -0.15) is 0 Å². The van der Waals surface area contributed by atoms with Crippen LogP contribution in [-0.2, 0) is 0 Å². The van der Waals surface area contributed by atoms with E-state index in [0.717, 1.165) is 30.2 Å². The Hall–Kier alpha value is -2.11. The van der Waals surface area contributed by atoms with Gasteiger partial charge in [-0.15, -0.1) is 0 Å². The van der Waals surface area contributed by atoms with Gasteiger partial charge in [0.15, 0.2) is 5.11 Å². The minimum absolute atomic E-state index is 0.430. The number of halogens is 1. The summed E-state index contributed by atoms with van der Waals surface area (Å²) in [7, 11) is 0. The fourth-order valence-electron chi connectivity index (χ4n) is 2.18. The van der Waals surface area contributed by atoms with Gasteiger partial charge in [0.2, 0.25) is 0 Å². The number of aliphatic imine (C=N–C) groups is 1. The predicted molar refractivity (Wildman–Crippen MR) is 96.6 cm³/mol. The molecule has 0 amide bonds. The average Bonchev–Trinajstić information content (AvgIpc) is 2.99. The summed E-state index contributed by atoms with van der Waals surface area (Å²) in [5.74, 6) is 0.857. The molecule has 1 aliphatic rings. The molecule has 1 saturated heterocycles. The normalized spacial score (nSPS) is 15.7. The molecule has 0 saturated carbocycles. The van der Waals surface area contributed by atoms with Crippen molar-refractivity contribution in [3.8, 4) is 0 Å². The van der Waals surface area contributed by atoms with Crippen molar-refractivity contribution in [1.29, 1.82) is 0 Å². The molecule has 1 heterocycles. The van der Waals surface area contributed by atoms with Crippen LogP contribution in [0, 0.1) is 0 Å². The van der Waals surface area contributed by atoms with E-state index >= 15 is 0 Å². The number of anilines is 2. The van der Waals surface area contributed by atoms with Gasteiger partial charge in [0, 0.05) is 23.7 Å². The van der Waals surface area contributed by atoms with E-state index in [1.807, 2.05) is 42.5 Å². The van der Waals surface area contributed by atoms with Crippen LogP contribution in [0.25, 0.3) is 0 Å². The van der Waals surface area contributed by atoms with Crippen LogP contribution in [0.3, 0.4) is 0 Å². The summed E-state index contributed by atoms with van der Waals surface area (Å²) in [4.78, 5) is 4.42. The molecule has 0 atom stereocenters. The fraction of sp³-hybridized carbons (Fsp3) is 0.125. The van der Waals surface area contributed by atoms with Gasteiger partial charge in [0.1, 0.15) is 5.84 Å². The molecule has 0 radical (unpaired) electrons. The Morgan fingerprint density at radius 1 is 1.14 bits per heavy atom. The number of amidine groups is 1. The number of thiocarbonyl (C=S) groups is 1. The summed E-state index contributed by atoms with van der Waals surface area (Å²) in [6.45, 7) is 0.867. The van der Waals surface area contributed by atoms with Crippen LogP contribution >= 0.6 is 23.8 Å². The van der Waals surface area contributed by atoms with Crippen LogP contribution in [0.1, 0.15) is 6.42 Å². The molecule has 0 spiro atoms. The lowest BCUT2D eigenvalue weighted by Crippen LogP contribution is -2.33.